The first-order valence-electron chi connectivity index (χ1n) is 10.00. The zero-order valence-electron chi connectivity index (χ0n) is 15.9. The minimum Gasteiger partial charge on any atom is -0.384 e. The summed E-state index contributed by atoms with van der Waals surface area (Å²) in [6, 6.07) is 4.12. The summed E-state index contributed by atoms with van der Waals surface area (Å²) >= 11 is 0. The van der Waals surface area contributed by atoms with Gasteiger partial charge in [-0.15, -0.1) is 0 Å². The van der Waals surface area contributed by atoms with Gasteiger partial charge < -0.3 is 9.64 Å². The number of amides is 1. The van der Waals surface area contributed by atoms with Crippen LogP contribution in [-0.2, 0) is 4.74 Å². The van der Waals surface area contributed by atoms with Gasteiger partial charge in [-0.3, -0.25) is 9.69 Å². The molecule has 1 atom stereocenters. The summed E-state index contributed by atoms with van der Waals surface area (Å²) in [5.41, 5.74) is 0.428. The van der Waals surface area contributed by atoms with Gasteiger partial charge in [-0.25, -0.2) is 8.78 Å². The van der Waals surface area contributed by atoms with E-state index < -0.39 is 11.6 Å². The molecule has 148 valence electrons. The molecule has 1 unspecified atom stereocenters. The van der Waals surface area contributed by atoms with Gasteiger partial charge in [0.25, 0.3) is 5.91 Å². The van der Waals surface area contributed by atoms with Gasteiger partial charge in [0.1, 0.15) is 0 Å². The second kappa shape index (κ2) is 7.47. The van der Waals surface area contributed by atoms with Crippen molar-refractivity contribution in [3.05, 3.63) is 35.4 Å². The number of nitrogens with zero attached hydrogens (tertiary/aromatic N) is 2. The molecule has 2 saturated heterocycles. The first-order valence-corrected chi connectivity index (χ1v) is 10.00. The lowest BCUT2D eigenvalue weighted by molar-refractivity contribution is 0.0312. The van der Waals surface area contributed by atoms with Gasteiger partial charge >= 0.3 is 0 Å². The SMILES string of the molecule is COCC1CN(C2CCC2)CC12CCN(C(=O)c1ccc(F)c(F)c1)CC2. The van der Waals surface area contributed by atoms with Crippen molar-refractivity contribution in [3.63, 3.8) is 0 Å². The molecule has 1 aromatic carbocycles. The number of piperidine rings is 1. The summed E-state index contributed by atoms with van der Waals surface area (Å²) in [6.07, 6.45) is 5.83. The van der Waals surface area contributed by atoms with Crippen LogP contribution in [0.4, 0.5) is 8.78 Å². The van der Waals surface area contributed by atoms with Crippen LogP contribution in [0.1, 0.15) is 42.5 Å². The summed E-state index contributed by atoms with van der Waals surface area (Å²) in [5, 5.41) is 0. The molecule has 3 fully saturated rings. The maximum Gasteiger partial charge on any atom is 0.253 e. The van der Waals surface area contributed by atoms with Gasteiger partial charge in [0.2, 0.25) is 0 Å². The number of carbonyl (C=O) groups is 1. The molecule has 6 heteroatoms. The average molecular weight is 378 g/mol. The predicted octanol–water partition coefficient (Wildman–Crippen LogP) is 3.32. The van der Waals surface area contributed by atoms with Crippen LogP contribution >= 0.6 is 0 Å². The molecule has 1 aliphatic carbocycles. The fourth-order valence-electron chi connectivity index (χ4n) is 5.07. The maximum absolute atomic E-state index is 13.5. The number of benzene rings is 1. The molecular formula is C21H28F2N2O2. The third-order valence-electron chi connectivity index (χ3n) is 7.01. The van der Waals surface area contributed by atoms with Gasteiger partial charge in [-0.05, 0) is 49.3 Å². The van der Waals surface area contributed by atoms with E-state index in [9.17, 15) is 13.6 Å². The fourth-order valence-corrected chi connectivity index (χ4v) is 5.07. The van der Waals surface area contributed by atoms with E-state index in [-0.39, 0.29) is 16.9 Å². The standard InChI is InChI=1S/C21H28F2N2O2/c1-27-13-16-12-25(17-3-2-4-17)14-21(16)7-9-24(10-8-21)20(26)15-5-6-18(22)19(23)11-15/h5-6,11,16-17H,2-4,7-10,12-14H2,1H3. The normalized spacial score (nSPS) is 25.7. The predicted molar refractivity (Wildman–Crippen MR) is 98.5 cm³/mol. The van der Waals surface area contributed by atoms with Crippen molar-refractivity contribution in [3.8, 4) is 0 Å². The third-order valence-corrected chi connectivity index (χ3v) is 7.01. The van der Waals surface area contributed by atoms with Gasteiger partial charge in [0.15, 0.2) is 11.6 Å². The zero-order valence-corrected chi connectivity index (χ0v) is 15.9. The van der Waals surface area contributed by atoms with Crippen LogP contribution in [-0.4, -0.2) is 61.6 Å². The van der Waals surface area contributed by atoms with E-state index >= 15 is 0 Å². The fraction of sp³-hybridized carbons (Fsp3) is 0.667. The monoisotopic (exact) mass is 378 g/mol. The van der Waals surface area contributed by atoms with Crippen molar-refractivity contribution in [2.45, 2.75) is 38.1 Å². The van der Waals surface area contributed by atoms with E-state index in [0.29, 0.717) is 19.0 Å². The van der Waals surface area contributed by atoms with Crippen molar-refractivity contribution in [1.29, 1.82) is 0 Å². The average Bonchev–Trinajstić information content (AvgIpc) is 2.94. The Hall–Kier alpha value is -1.53. The molecule has 1 aromatic rings. The Morgan fingerprint density at radius 1 is 1.22 bits per heavy atom. The molecule has 4 nitrogen and oxygen atoms in total. The Labute approximate surface area is 159 Å². The van der Waals surface area contributed by atoms with Crippen molar-refractivity contribution >= 4 is 5.91 Å². The van der Waals surface area contributed by atoms with E-state index in [2.05, 4.69) is 4.90 Å². The zero-order chi connectivity index (χ0) is 19.0. The van der Waals surface area contributed by atoms with Crippen LogP contribution in [0.15, 0.2) is 18.2 Å². The molecule has 0 aromatic heterocycles. The molecule has 2 aliphatic heterocycles. The third kappa shape index (κ3) is 3.49. The quantitative estimate of drug-likeness (QED) is 0.806. The van der Waals surface area contributed by atoms with Gasteiger partial charge in [0, 0.05) is 50.8 Å². The van der Waals surface area contributed by atoms with E-state index in [1.54, 1.807) is 12.0 Å². The molecule has 1 saturated carbocycles. The van der Waals surface area contributed by atoms with Crippen LogP contribution in [0.3, 0.4) is 0 Å². The second-order valence-electron chi connectivity index (χ2n) is 8.45. The molecule has 2 heterocycles. The van der Waals surface area contributed by atoms with Crippen LogP contribution in [0, 0.1) is 23.0 Å². The molecule has 0 N–H and O–H groups in total. The number of hydrogen-bond acceptors (Lipinski definition) is 3. The van der Waals surface area contributed by atoms with Crippen LogP contribution in [0.2, 0.25) is 0 Å². The topological polar surface area (TPSA) is 32.8 Å². The number of hydrogen-bond donors (Lipinski definition) is 0. The Bertz CT molecular complexity index is 699. The van der Waals surface area contributed by atoms with E-state index in [4.69, 9.17) is 4.74 Å². The lowest BCUT2D eigenvalue weighted by atomic mass is 9.71. The van der Waals surface area contributed by atoms with Gasteiger partial charge in [0.05, 0.1) is 6.61 Å². The molecule has 1 spiro atoms. The summed E-state index contributed by atoms with van der Waals surface area (Å²) < 4.78 is 32.1. The van der Waals surface area contributed by atoms with Crippen molar-refractivity contribution in [1.82, 2.24) is 9.80 Å². The number of ether oxygens (including phenoxy) is 1. The first-order chi connectivity index (χ1) is 13.0. The minimum absolute atomic E-state index is 0.205. The smallest absolute Gasteiger partial charge is 0.253 e. The minimum atomic E-state index is -0.971. The highest BCUT2D eigenvalue weighted by Crippen LogP contribution is 2.47. The number of carbonyl (C=O) groups excluding carboxylic acids is 1. The lowest BCUT2D eigenvalue weighted by Crippen LogP contribution is -2.47. The summed E-state index contributed by atoms with van der Waals surface area (Å²) in [5.74, 6) is -1.60. The highest BCUT2D eigenvalue weighted by Gasteiger charge is 2.50. The molecule has 0 bridgehead atoms. The molecule has 27 heavy (non-hydrogen) atoms. The summed E-state index contributed by atoms with van der Waals surface area (Å²) in [6.45, 7) is 4.28. The molecule has 0 radical (unpaired) electrons. The number of methoxy groups -OCH3 is 1. The lowest BCUT2D eigenvalue weighted by Gasteiger charge is -2.43. The number of halogens is 2. The van der Waals surface area contributed by atoms with E-state index in [1.807, 2.05) is 0 Å². The van der Waals surface area contributed by atoms with E-state index in [0.717, 1.165) is 50.7 Å². The Morgan fingerprint density at radius 3 is 2.56 bits per heavy atom. The first kappa shape index (κ1) is 18.8. The summed E-state index contributed by atoms with van der Waals surface area (Å²) in [7, 11) is 1.77. The molecular weight excluding hydrogens is 350 g/mol. The van der Waals surface area contributed by atoms with Crippen LogP contribution in [0.25, 0.3) is 0 Å². The van der Waals surface area contributed by atoms with Crippen LogP contribution in [0.5, 0.6) is 0 Å². The summed E-state index contributed by atoms with van der Waals surface area (Å²) in [4.78, 5) is 17.1. The maximum atomic E-state index is 13.5. The molecule has 3 aliphatic rings. The number of likely N-dealkylation sites (tertiary alicyclic amines) is 2. The molecule has 4 rings (SSSR count). The van der Waals surface area contributed by atoms with Crippen molar-refractivity contribution in [2.24, 2.45) is 11.3 Å². The van der Waals surface area contributed by atoms with Gasteiger partial charge in [-0.1, -0.05) is 6.42 Å². The highest BCUT2D eigenvalue weighted by atomic mass is 19.2. The van der Waals surface area contributed by atoms with Crippen molar-refractivity contribution < 1.29 is 18.3 Å². The Kier molecular flexibility index (Phi) is 5.21. The Morgan fingerprint density at radius 2 is 1.96 bits per heavy atom. The van der Waals surface area contributed by atoms with Gasteiger partial charge in [-0.2, -0.15) is 0 Å². The van der Waals surface area contributed by atoms with Crippen molar-refractivity contribution in [2.75, 3.05) is 39.9 Å². The largest absolute Gasteiger partial charge is 0.384 e. The number of rotatable bonds is 4. The highest BCUT2D eigenvalue weighted by molar-refractivity contribution is 5.94. The second-order valence-corrected chi connectivity index (χ2v) is 8.45. The van der Waals surface area contributed by atoms with Crippen LogP contribution < -0.4 is 0 Å². The van der Waals surface area contributed by atoms with E-state index in [1.165, 1.54) is 25.3 Å². The molecule has 1 amide bonds. The Balaban J connectivity index is 1.43.